The molecule has 1 unspecified atom stereocenters. The zero-order chi connectivity index (χ0) is 22.2. The fourth-order valence-corrected chi connectivity index (χ4v) is 3.06. The maximum Gasteiger partial charge on any atom is 0.285 e. The number of hydrogen-bond acceptors (Lipinski definition) is 7. The zero-order valence-electron chi connectivity index (χ0n) is 17.1. The summed E-state index contributed by atoms with van der Waals surface area (Å²) in [5, 5.41) is 18.1. The van der Waals surface area contributed by atoms with Gasteiger partial charge in [0.25, 0.3) is 11.8 Å². The molecule has 0 saturated carbocycles. The maximum absolute atomic E-state index is 11.9. The molecule has 0 fully saturated rings. The van der Waals surface area contributed by atoms with Gasteiger partial charge in [-0.2, -0.15) is 0 Å². The van der Waals surface area contributed by atoms with Crippen LogP contribution in [0.2, 0.25) is 0 Å². The number of benzene rings is 1. The lowest BCUT2D eigenvalue weighted by Gasteiger charge is -2.09. The lowest BCUT2D eigenvalue weighted by atomic mass is 10.0. The average molecular weight is 417 g/mol. The van der Waals surface area contributed by atoms with Gasteiger partial charge in [0, 0.05) is 30.3 Å². The van der Waals surface area contributed by atoms with E-state index in [1.807, 2.05) is 6.07 Å². The van der Waals surface area contributed by atoms with Crippen molar-refractivity contribution in [3.8, 4) is 28.8 Å². The van der Waals surface area contributed by atoms with E-state index in [2.05, 4.69) is 27.0 Å². The first-order chi connectivity index (χ1) is 14.8. The van der Waals surface area contributed by atoms with E-state index in [-0.39, 0.29) is 11.7 Å². The van der Waals surface area contributed by atoms with Crippen LogP contribution in [0.25, 0.3) is 16.8 Å². The topological polar surface area (TPSA) is 129 Å². The number of methoxy groups -OCH3 is 1. The highest BCUT2D eigenvalue weighted by Crippen LogP contribution is 2.28. The molecule has 0 aliphatic rings. The number of aliphatic hydroxyl groups is 1. The summed E-state index contributed by atoms with van der Waals surface area (Å²) in [7, 11) is 1.56. The van der Waals surface area contributed by atoms with Crippen molar-refractivity contribution in [3.63, 3.8) is 0 Å². The Bertz CT molecular complexity index is 1360. The van der Waals surface area contributed by atoms with Crippen molar-refractivity contribution >= 4 is 11.4 Å². The molecule has 1 atom stereocenters. The Morgan fingerprint density at radius 1 is 1.29 bits per heavy atom. The minimum absolute atomic E-state index is 0.0203. The van der Waals surface area contributed by atoms with Crippen LogP contribution in [0.15, 0.2) is 47.0 Å². The van der Waals surface area contributed by atoms with Crippen LogP contribution >= 0.6 is 0 Å². The zero-order valence-corrected chi connectivity index (χ0v) is 17.1. The van der Waals surface area contributed by atoms with Gasteiger partial charge in [-0.15, -0.1) is 10.2 Å². The first kappa shape index (κ1) is 20.1. The number of ether oxygens (including phenoxy) is 1. The van der Waals surface area contributed by atoms with Gasteiger partial charge < -0.3 is 20.0 Å². The van der Waals surface area contributed by atoms with Crippen LogP contribution < -0.4 is 10.5 Å². The van der Waals surface area contributed by atoms with Crippen LogP contribution in [0.4, 0.5) is 0 Å². The smallest absolute Gasteiger partial charge is 0.285 e. The number of rotatable bonds is 4. The highest BCUT2D eigenvalue weighted by Gasteiger charge is 2.27. The van der Waals surface area contributed by atoms with E-state index in [4.69, 9.17) is 14.9 Å². The first-order valence-electron chi connectivity index (χ1n) is 9.31. The van der Waals surface area contributed by atoms with Crippen molar-refractivity contribution in [2.45, 2.75) is 19.4 Å². The number of carbonyl (C=O) groups is 1. The van der Waals surface area contributed by atoms with Gasteiger partial charge in [0.2, 0.25) is 17.3 Å². The molecular weight excluding hydrogens is 398 g/mol. The van der Waals surface area contributed by atoms with Crippen LogP contribution in [-0.2, 0) is 5.60 Å². The molecule has 3 heterocycles. The predicted molar refractivity (Wildman–Crippen MR) is 111 cm³/mol. The molecule has 1 amide bonds. The molecule has 9 nitrogen and oxygen atoms in total. The van der Waals surface area contributed by atoms with Crippen molar-refractivity contribution in [2.24, 2.45) is 5.73 Å². The molecule has 0 spiro atoms. The van der Waals surface area contributed by atoms with Crippen LogP contribution in [0.5, 0.6) is 5.75 Å². The number of hydrogen-bond donors (Lipinski definition) is 2. The van der Waals surface area contributed by atoms with Crippen molar-refractivity contribution in [3.05, 3.63) is 65.8 Å². The molecule has 0 aliphatic heterocycles. The Kier molecular flexibility index (Phi) is 4.93. The normalized spacial score (nSPS) is 12.8. The Morgan fingerprint density at radius 3 is 2.77 bits per heavy atom. The molecule has 4 aromatic rings. The molecule has 3 N–H and O–H groups in total. The predicted octanol–water partition coefficient (Wildman–Crippen LogP) is 2.06. The third kappa shape index (κ3) is 3.84. The van der Waals surface area contributed by atoms with E-state index in [0.29, 0.717) is 28.4 Å². The molecule has 4 rings (SSSR count). The van der Waals surface area contributed by atoms with Gasteiger partial charge in [-0.3, -0.25) is 9.20 Å². The minimum Gasteiger partial charge on any atom is -0.497 e. The fraction of sp³-hybridized carbons (Fsp3) is 0.182. The number of amides is 1. The summed E-state index contributed by atoms with van der Waals surface area (Å²) < 4.78 is 12.2. The van der Waals surface area contributed by atoms with Crippen molar-refractivity contribution in [1.82, 2.24) is 19.6 Å². The summed E-state index contributed by atoms with van der Waals surface area (Å²) in [5.74, 6) is 6.12. The molecular formula is C22H19N5O4. The summed E-state index contributed by atoms with van der Waals surface area (Å²) in [6.45, 7) is 3.11. The van der Waals surface area contributed by atoms with Gasteiger partial charge in [-0.1, -0.05) is 24.0 Å². The first-order valence-corrected chi connectivity index (χ1v) is 9.31. The second-order valence-corrected chi connectivity index (χ2v) is 7.00. The van der Waals surface area contributed by atoms with E-state index in [1.165, 1.54) is 6.92 Å². The maximum atomic E-state index is 11.9. The highest BCUT2D eigenvalue weighted by molar-refractivity contribution is 5.93. The number of primary amides is 1. The van der Waals surface area contributed by atoms with Gasteiger partial charge in [0.05, 0.1) is 18.3 Å². The van der Waals surface area contributed by atoms with Crippen LogP contribution in [-0.4, -0.2) is 37.7 Å². The second-order valence-electron chi connectivity index (χ2n) is 7.00. The van der Waals surface area contributed by atoms with E-state index in [9.17, 15) is 9.90 Å². The summed E-state index contributed by atoms with van der Waals surface area (Å²) >= 11 is 0. The standard InChI is InChI=1S/C22H19N5O4/c1-13-25-26-21(31-13)22(2,29)9-7-14-5-4-6-15(11-14)18-17-12-16(30-3)8-10-27(17)20(24-18)19(23)28/h4-6,8,10-12,29H,1-3H3,(H2,23,28). The number of imidazole rings is 1. The fourth-order valence-electron chi connectivity index (χ4n) is 3.06. The monoisotopic (exact) mass is 417 g/mol. The number of nitrogens with two attached hydrogens (primary N) is 1. The summed E-state index contributed by atoms with van der Waals surface area (Å²) in [6.07, 6.45) is 1.68. The molecule has 31 heavy (non-hydrogen) atoms. The third-order valence-corrected chi connectivity index (χ3v) is 4.60. The number of pyridine rings is 1. The Morgan fingerprint density at radius 2 is 2.10 bits per heavy atom. The summed E-state index contributed by atoms with van der Waals surface area (Å²) in [6, 6.07) is 10.7. The molecule has 0 aliphatic carbocycles. The number of carbonyl (C=O) groups excluding carboxylic acids is 1. The summed E-state index contributed by atoms with van der Waals surface area (Å²) in [5.41, 5.74) is 6.45. The van der Waals surface area contributed by atoms with Gasteiger partial charge >= 0.3 is 0 Å². The van der Waals surface area contributed by atoms with Crippen molar-refractivity contribution in [2.75, 3.05) is 7.11 Å². The average Bonchev–Trinajstić information content (AvgIpc) is 3.36. The highest BCUT2D eigenvalue weighted by atomic mass is 16.5. The van der Waals surface area contributed by atoms with Crippen molar-refractivity contribution in [1.29, 1.82) is 0 Å². The van der Waals surface area contributed by atoms with E-state index < -0.39 is 11.5 Å². The van der Waals surface area contributed by atoms with Gasteiger partial charge in [-0.05, 0) is 25.1 Å². The Labute approximate surface area is 177 Å². The Hall–Kier alpha value is -4.16. The van der Waals surface area contributed by atoms with Crippen LogP contribution in [0.3, 0.4) is 0 Å². The third-order valence-electron chi connectivity index (χ3n) is 4.60. The SMILES string of the molecule is COc1ccn2c(C(N)=O)nc(-c3cccc(C#CC(C)(O)c4nnc(C)o4)c3)c2c1. The number of fused-ring (bicyclic) bond motifs is 1. The lowest BCUT2D eigenvalue weighted by Crippen LogP contribution is -2.19. The Balaban J connectivity index is 1.78. The van der Waals surface area contributed by atoms with Crippen LogP contribution in [0, 0.1) is 18.8 Å². The molecule has 9 heteroatoms. The van der Waals surface area contributed by atoms with E-state index in [0.717, 1.165) is 5.56 Å². The molecule has 1 aromatic carbocycles. The summed E-state index contributed by atoms with van der Waals surface area (Å²) in [4.78, 5) is 16.3. The molecule has 156 valence electrons. The van der Waals surface area contributed by atoms with Crippen LogP contribution in [0.1, 0.15) is 34.9 Å². The van der Waals surface area contributed by atoms with Gasteiger partial charge in [-0.25, -0.2) is 4.98 Å². The lowest BCUT2D eigenvalue weighted by molar-refractivity contribution is 0.0881. The van der Waals surface area contributed by atoms with E-state index in [1.54, 1.807) is 55.0 Å². The molecule has 0 bridgehead atoms. The van der Waals surface area contributed by atoms with E-state index >= 15 is 0 Å². The van der Waals surface area contributed by atoms with Gasteiger partial charge in [0.1, 0.15) is 5.75 Å². The number of aromatic nitrogens is 4. The number of nitrogens with zero attached hydrogens (tertiary/aromatic N) is 4. The second kappa shape index (κ2) is 7.59. The largest absolute Gasteiger partial charge is 0.497 e. The molecule has 0 saturated heterocycles. The van der Waals surface area contributed by atoms with Gasteiger partial charge in [0.15, 0.2) is 0 Å². The number of aryl methyl sites for hydroxylation is 1. The molecule has 3 aromatic heterocycles. The van der Waals surface area contributed by atoms with Crippen molar-refractivity contribution < 1.29 is 19.1 Å². The molecule has 0 radical (unpaired) electrons. The quantitative estimate of drug-likeness (QED) is 0.486. The minimum atomic E-state index is -1.61.